The number of hydrogen-bond acceptors (Lipinski definition) is 3. The van der Waals surface area contributed by atoms with Gasteiger partial charge in [-0.25, -0.2) is 0 Å². The molecule has 0 saturated carbocycles. The van der Waals surface area contributed by atoms with Gasteiger partial charge in [0.2, 0.25) is 0 Å². The van der Waals surface area contributed by atoms with Gasteiger partial charge in [-0.3, -0.25) is 0 Å². The number of hydrogen-bond donors (Lipinski definition) is 1. The van der Waals surface area contributed by atoms with Crippen LogP contribution in [0.15, 0.2) is 0 Å². The van der Waals surface area contributed by atoms with Gasteiger partial charge in [0, 0.05) is 19.2 Å². The Labute approximate surface area is 92.6 Å². The number of rotatable bonds is 4. The monoisotopic (exact) mass is 236 g/mol. The summed E-state index contributed by atoms with van der Waals surface area (Å²) in [6.07, 6.45) is -3.59. The molecule has 1 rings (SSSR count). The Morgan fingerprint density at radius 1 is 1.56 bits per heavy atom. The fourth-order valence-corrected chi connectivity index (χ4v) is 1.65. The lowest BCUT2D eigenvalue weighted by atomic mass is 10.00. The smallest absolute Gasteiger partial charge is 0.381 e. The van der Waals surface area contributed by atoms with E-state index in [4.69, 9.17) is 10.00 Å². The number of alkyl halides is 3. The normalized spacial score (nSPS) is 25.1. The van der Waals surface area contributed by atoms with Crippen LogP contribution in [-0.2, 0) is 4.74 Å². The lowest BCUT2D eigenvalue weighted by Gasteiger charge is -2.21. The van der Waals surface area contributed by atoms with Crippen molar-refractivity contribution >= 4 is 0 Å². The molecule has 92 valence electrons. The molecule has 1 fully saturated rings. The first-order valence-corrected chi connectivity index (χ1v) is 5.22. The third-order valence-corrected chi connectivity index (χ3v) is 2.87. The summed E-state index contributed by atoms with van der Waals surface area (Å²) in [5.74, 6) is -1.69. The molecule has 0 aromatic heterocycles. The first-order chi connectivity index (χ1) is 7.45. The zero-order valence-electron chi connectivity index (χ0n) is 9.05. The van der Waals surface area contributed by atoms with Gasteiger partial charge in [-0.05, 0) is 19.3 Å². The van der Waals surface area contributed by atoms with Crippen LogP contribution in [0.5, 0.6) is 0 Å². The van der Waals surface area contributed by atoms with Crippen LogP contribution < -0.4 is 5.32 Å². The summed E-state index contributed by atoms with van der Waals surface area (Å²) >= 11 is 0. The number of nitriles is 1. The number of halogens is 3. The maximum absolute atomic E-state index is 12.3. The van der Waals surface area contributed by atoms with E-state index in [0.29, 0.717) is 13.2 Å². The second-order valence-corrected chi connectivity index (χ2v) is 4.04. The van der Waals surface area contributed by atoms with Crippen molar-refractivity contribution in [1.82, 2.24) is 5.32 Å². The summed E-state index contributed by atoms with van der Waals surface area (Å²) in [6, 6.07) is 1.21. The summed E-state index contributed by atoms with van der Waals surface area (Å²) in [4.78, 5) is 0. The molecule has 1 heterocycles. The van der Waals surface area contributed by atoms with Gasteiger partial charge in [0.25, 0.3) is 0 Å². The van der Waals surface area contributed by atoms with E-state index in [2.05, 4.69) is 5.32 Å². The highest BCUT2D eigenvalue weighted by Gasteiger charge is 2.40. The Hall–Kier alpha value is -0.800. The molecule has 1 saturated heterocycles. The molecule has 0 amide bonds. The molecule has 3 nitrogen and oxygen atoms in total. The molecule has 3 atom stereocenters. The summed E-state index contributed by atoms with van der Waals surface area (Å²) in [7, 11) is 0. The maximum Gasteiger partial charge on any atom is 0.405 e. The van der Waals surface area contributed by atoms with Crippen LogP contribution in [0.2, 0.25) is 0 Å². The van der Waals surface area contributed by atoms with Gasteiger partial charge in [0.1, 0.15) is 0 Å². The second kappa shape index (κ2) is 5.51. The van der Waals surface area contributed by atoms with Crippen molar-refractivity contribution in [3.8, 4) is 6.07 Å². The quantitative estimate of drug-likeness (QED) is 0.808. The van der Waals surface area contributed by atoms with Gasteiger partial charge < -0.3 is 10.1 Å². The van der Waals surface area contributed by atoms with Gasteiger partial charge in [-0.15, -0.1) is 0 Å². The summed E-state index contributed by atoms with van der Waals surface area (Å²) in [5.41, 5.74) is 0. The predicted octanol–water partition coefficient (Wildman–Crippen LogP) is 1.70. The van der Waals surface area contributed by atoms with Gasteiger partial charge in [-0.1, -0.05) is 0 Å². The summed E-state index contributed by atoms with van der Waals surface area (Å²) in [6.45, 7) is 2.72. The third-order valence-electron chi connectivity index (χ3n) is 2.87. The van der Waals surface area contributed by atoms with Crippen molar-refractivity contribution < 1.29 is 17.9 Å². The topological polar surface area (TPSA) is 45.0 Å². The van der Waals surface area contributed by atoms with Crippen LogP contribution in [-0.4, -0.2) is 32.0 Å². The Kier molecular flexibility index (Phi) is 4.56. The lowest BCUT2D eigenvalue weighted by Crippen LogP contribution is -2.40. The van der Waals surface area contributed by atoms with Crippen LogP contribution >= 0.6 is 0 Å². The van der Waals surface area contributed by atoms with Gasteiger partial charge in [0.05, 0.1) is 12.7 Å². The summed E-state index contributed by atoms with van der Waals surface area (Å²) < 4.78 is 41.9. The van der Waals surface area contributed by atoms with E-state index in [1.807, 2.05) is 6.92 Å². The minimum atomic E-state index is -4.45. The van der Waals surface area contributed by atoms with Gasteiger partial charge in [-0.2, -0.15) is 18.4 Å². The van der Waals surface area contributed by atoms with Gasteiger partial charge >= 0.3 is 6.18 Å². The molecule has 1 aliphatic rings. The molecule has 3 unspecified atom stereocenters. The van der Waals surface area contributed by atoms with Crippen molar-refractivity contribution in [1.29, 1.82) is 5.26 Å². The molecular formula is C10H15F3N2O. The van der Waals surface area contributed by atoms with E-state index < -0.39 is 12.1 Å². The average molecular weight is 236 g/mol. The van der Waals surface area contributed by atoms with Crippen molar-refractivity contribution in [2.24, 2.45) is 11.8 Å². The second-order valence-electron chi connectivity index (χ2n) is 4.04. The zero-order chi connectivity index (χ0) is 12.2. The highest BCUT2D eigenvalue weighted by atomic mass is 19.4. The minimum Gasteiger partial charge on any atom is -0.381 e. The maximum atomic E-state index is 12.3. The molecule has 1 aliphatic heterocycles. The first-order valence-electron chi connectivity index (χ1n) is 5.22. The number of nitrogens with zero attached hydrogens (tertiary/aromatic N) is 1. The molecule has 0 bridgehead atoms. The largest absolute Gasteiger partial charge is 0.405 e. The molecule has 1 N–H and O–H groups in total. The minimum absolute atomic E-state index is 0.0549. The molecule has 0 aromatic rings. The Balaban J connectivity index is 2.35. The molecule has 0 aliphatic carbocycles. The Morgan fingerprint density at radius 3 is 2.69 bits per heavy atom. The van der Waals surface area contributed by atoms with Crippen LogP contribution in [0.1, 0.15) is 13.3 Å². The van der Waals surface area contributed by atoms with Gasteiger partial charge in [0.15, 0.2) is 5.92 Å². The van der Waals surface area contributed by atoms with E-state index in [0.717, 1.165) is 6.42 Å². The fourth-order valence-electron chi connectivity index (χ4n) is 1.65. The third kappa shape index (κ3) is 3.65. The van der Waals surface area contributed by atoms with Crippen molar-refractivity contribution in [2.45, 2.75) is 25.6 Å². The van der Waals surface area contributed by atoms with E-state index in [9.17, 15) is 13.2 Å². The van der Waals surface area contributed by atoms with E-state index >= 15 is 0 Å². The zero-order valence-corrected chi connectivity index (χ0v) is 9.05. The fraction of sp³-hybridized carbons (Fsp3) is 0.900. The average Bonchev–Trinajstić information content (AvgIpc) is 2.68. The van der Waals surface area contributed by atoms with Crippen molar-refractivity contribution in [2.75, 3.05) is 19.8 Å². The molecule has 16 heavy (non-hydrogen) atoms. The molecule has 0 radical (unpaired) electrons. The molecule has 0 spiro atoms. The molecular weight excluding hydrogens is 221 g/mol. The number of nitrogens with one attached hydrogen (secondary N) is 1. The van der Waals surface area contributed by atoms with Crippen LogP contribution in [0, 0.1) is 23.2 Å². The van der Waals surface area contributed by atoms with Crippen LogP contribution in [0.25, 0.3) is 0 Å². The molecule has 6 heteroatoms. The van der Waals surface area contributed by atoms with Crippen LogP contribution in [0.4, 0.5) is 13.2 Å². The van der Waals surface area contributed by atoms with E-state index in [-0.39, 0.29) is 18.5 Å². The Bertz CT molecular complexity index is 256. The van der Waals surface area contributed by atoms with Crippen molar-refractivity contribution in [3.05, 3.63) is 0 Å². The molecule has 0 aromatic carbocycles. The Morgan fingerprint density at radius 2 is 2.25 bits per heavy atom. The predicted molar refractivity (Wildman–Crippen MR) is 51.5 cm³/mol. The highest BCUT2D eigenvalue weighted by molar-refractivity contribution is 4.91. The van der Waals surface area contributed by atoms with Crippen LogP contribution in [0.3, 0.4) is 0 Å². The lowest BCUT2D eigenvalue weighted by molar-refractivity contribution is -0.158. The first kappa shape index (κ1) is 13.3. The standard InChI is InChI=1S/C10H15F3N2O/c1-7(8-2-3-16-6-8)15-5-9(4-14)10(11,12)13/h7-9,15H,2-3,5-6H2,1H3. The number of ether oxygens (including phenoxy) is 1. The van der Waals surface area contributed by atoms with E-state index in [1.165, 1.54) is 6.07 Å². The van der Waals surface area contributed by atoms with Crippen molar-refractivity contribution in [3.63, 3.8) is 0 Å². The van der Waals surface area contributed by atoms with E-state index in [1.54, 1.807) is 0 Å². The summed E-state index contributed by atoms with van der Waals surface area (Å²) in [5, 5.41) is 11.2. The highest BCUT2D eigenvalue weighted by Crippen LogP contribution is 2.25. The SMILES string of the molecule is CC(NCC(C#N)C(F)(F)F)C1CCOC1.